The third kappa shape index (κ3) is 5.25. The number of rotatable bonds is 6. The van der Waals surface area contributed by atoms with Crippen LogP contribution in [0.4, 0.5) is 0 Å². The van der Waals surface area contributed by atoms with Gasteiger partial charge in [-0.05, 0) is 27.7 Å². The van der Waals surface area contributed by atoms with Crippen molar-refractivity contribution in [2.75, 3.05) is 25.4 Å². The molecule has 5 nitrogen and oxygen atoms in total. The number of sulfone groups is 1. The molecule has 0 rings (SSSR count). The Balaban J connectivity index is 4.03. The fourth-order valence-electron chi connectivity index (χ4n) is 0.926. The summed E-state index contributed by atoms with van der Waals surface area (Å²) >= 11 is 0. The largest absolute Gasteiger partial charge is 0.393 e. The SMILES string of the molecule is CC(O)(CO)CNCCS(=O)(=O)C(C)(C)C. The van der Waals surface area contributed by atoms with Crippen molar-refractivity contribution in [1.29, 1.82) is 0 Å². The smallest absolute Gasteiger partial charge is 0.156 e. The van der Waals surface area contributed by atoms with Crippen LogP contribution in [0, 0.1) is 0 Å². The van der Waals surface area contributed by atoms with E-state index in [-0.39, 0.29) is 25.4 Å². The molecule has 0 radical (unpaired) electrons. The molecular formula is C10H23NO4S. The molecule has 0 fully saturated rings. The quantitative estimate of drug-likeness (QED) is 0.557. The summed E-state index contributed by atoms with van der Waals surface area (Å²) in [6.07, 6.45) is 0. The molecule has 0 saturated carbocycles. The maximum absolute atomic E-state index is 11.7. The monoisotopic (exact) mass is 253 g/mol. The molecule has 3 N–H and O–H groups in total. The molecule has 0 amide bonds. The maximum Gasteiger partial charge on any atom is 0.156 e. The average Bonchev–Trinajstić information content (AvgIpc) is 2.11. The molecule has 0 aliphatic heterocycles. The van der Waals surface area contributed by atoms with E-state index in [9.17, 15) is 13.5 Å². The summed E-state index contributed by atoms with van der Waals surface area (Å²) in [7, 11) is -3.13. The first-order valence-electron chi connectivity index (χ1n) is 5.28. The molecule has 16 heavy (non-hydrogen) atoms. The summed E-state index contributed by atoms with van der Waals surface area (Å²) in [5.41, 5.74) is -1.20. The molecule has 6 heteroatoms. The van der Waals surface area contributed by atoms with Crippen LogP contribution in [0.5, 0.6) is 0 Å². The van der Waals surface area contributed by atoms with Crippen LogP contribution in [0.1, 0.15) is 27.7 Å². The van der Waals surface area contributed by atoms with Gasteiger partial charge >= 0.3 is 0 Å². The van der Waals surface area contributed by atoms with E-state index in [1.165, 1.54) is 6.92 Å². The molecule has 1 unspecified atom stereocenters. The predicted octanol–water partition coefficient (Wildman–Crippen LogP) is -0.467. The Morgan fingerprint density at radius 2 is 1.69 bits per heavy atom. The summed E-state index contributed by atoms with van der Waals surface area (Å²) in [5, 5.41) is 21.0. The van der Waals surface area contributed by atoms with Crippen LogP contribution in [0.2, 0.25) is 0 Å². The lowest BCUT2D eigenvalue weighted by Crippen LogP contribution is -2.43. The highest BCUT2D eigenvalue weighted by Gasteiger charge is 2.28. The van der Waals surface area contributed by atoms with Gasteiger partial charge in [-0.2, -0.15) is 0 Å². The van der Waals surface area contributed by atoms with Gasteiger partial charge in [0.25, 0.3) is 0 Å². The van der Waals surface area contributed by atoms with Crippen LogP contribution in [-0.4, -0.2) is 54.4 Å². The zero-order valence-corrected chi connectivity index (χ0v) is 11.3. The van der Waals surface area contributed by atoms with Gasteiger partial charge in [0.1, 0.15) is 0 Å². The number of hydrogen-bond donors (Lipinski definition) is 3. The van der Waals surface area contributed by atoms with Gasteiger partial charge in [-0.1, -0.05) is 0 Å². The molecule has 0 bridgehead atoms. The van der Waals surface area contributed by atoms with E-state index in [4.69, 9.17) is 5.11 Å². The maximum atomic E-state index is 11.7. The molecule has 1 atom stereocenters. The molecule has 0 aromatic carbocycles. The Kier molecular flexibility index (Phi) is 5.38. The fourth-order valence-corrected chi connectivity index (χ4v) is 1.95. The second-order valence-electron chi connectivity index (χ2n) is 5.26. The van der Waals surface area contributed by atoms with Crippen molar-refractivity contribution in [1.82, 2.24) is 5.32 Å². The van der Waals surface area contributed by atoms with Gasteiger partial charge in [-0.15, -0.1) is 0 Å². The number of nitrogens with one attached hydrogen (secondary N) is 1. The van der Waals surface area contributed by atoms with Gasteiger partial charge in [0.05, 0.1) is 22.7 Å². The predicted molar refractivity (Wildman–Crippen MR) is 64.1 cm³/mol. The third-order valence-electron chi connectivity index (χ3n) is 2.33. The third-order valence-corrected chi connectivity index (χ3v) is 4.93. The molecule has 0 aliphatic rings. The highest BCUT2D eigenvalue weighted by Crippen LogP contribution is 2.15. The molecule has 0 aromatic rings. The average molecular weight is 253 g/mol. The van der Waals surface area contributed by atoms with Gasteiger partial charge in [0.2, 0.25) is 0 Å². The Morgan fingerprint density at radius 1 is 1.19 bits per heavy atom. The van der Waals surface area contributed by atoms with Crippen molar-refractivity contribution in [3.8, 4) is 0 Å². The van der Waals surface area contributed by atoms with Crippen molar-refractivity contribution in [2.45, 2.75) is 38.0 Å². The van der Waals surface area contributed by atoms with E-state index in [0.29, 0.717) is 0 Å². The van der Waals surface area contributed by atoms with Crippen molar-refractivity contribution < 1.29 is 18.6 Å². The second-order valence-corrected chi connectivity index (χ2v) is 8.13. The molecule has 0 saturated heterocycles. The highest BCUT2D eigenvalue weighted by atomic mass is 32.2. The lowest BCUT2D eigenvalue weighted by molar-refractivity contribution is 0.00322. The van der Waals surface area contributed by atoms with Crippen molar-refractivity contribution >= 4 is 9.84 Å². The number of aliphatic hydroxyl groups is 2. The Bertz CT molecular complexity index is 303. The molecule has 0 heterocycles. The second kappa shape index (κ2) is 5.44. The fraction of sp³-hybridized carbons (Fsp3) is 1.00. The summed E-state index contributed by atoms with van der Waals surface area (Å²) in [6, 6.07) is 0. The summed E-state index contributed by atoms with van der Waals surface area (Å²) in [6.45, 7) is 6.55. The van der Waals surface area contributed by atoms with E-state index >= 15 is 0 Å². The van der Waals surface area contributed by atoms with Crippen LogP contribution >= 0.6 is 0 Å². The first-order valence-corrected chi connectivity index (χ1v) is 6.93. The normalized spacial score (nSPS) is 17.1. The van der Waals surface area contributed by atoms with Crippen LogP contribution in [-0.2, 0) is 9.84 Å². The van der Waals surface area contributed by atoms with E-state index < -0.39 is 20.2 Å². The minimum atomic E-state index is -3.13. The standard InChI is InChI=1S/C10H23NO4S/c1-9(2,3)16(14,15)6-5-11-7-10(4,13)8-12/h11-13H,5-8H2,1-4H3. The molecule has 0 aromatic heterocycles. The van der Waals surface area contributed by atoms with Gasteiger partial charge in [0.15, 0.2) is 9.84 Å². The Hall–Kier alpha value is -0.170. The van der Waals surface area contributed by atoms with Crippen molar-refractivity contribution in [3.63, 3.8) is 0 Å². The number of aliphatic hydroxyl groups excluding tert-OH is 1. The van der Waals surface area contributed by atoms with E-state index in [0.717, 1.165) is 0 Å². The highest BCUT2D eigenvalue weighted by molar-refractivity contribution is 7.92. The van der Waals surface area contributed by atoms with E-state index in [2.05, 4.69) is 5.32 Å². The van der Waals surface area contributed by atoms with Crippen LogP contribution in [0.15, 0.2) is 0 Å². The lowest BCUT2D eigenvalue weighted by atomic mass is 10.1. The minimum absolute atomic E-state index is 0.0258. The van der Waals surface area contributed by atoms with Gasteiger partial charge in [-0.25, -0.2) is 8.42 Å². The summed E-state index contributed by atoms with van der Waals surface area (Å²) in [4.78, 5) is 0. The van der Waals surface area contributed by atoms with Gasteiger partial charge < -0.3 is 15.5 Å². The zero-order valence-electron chi connectivity index (χ0n) is 10.4. The molecule has 0 aliphatic carbocycles. The van der Waals surface area contributed by atoms with Gasteiger partial charge in [-0.3, -0.25) is 0 Å². The van der Waals surface area contributed by atoms with E-state index in [1.54, 1.807) is 20.8 Å². The zero-order chi connectivity index (χ0) is 13.0. The number of hydrogen-bond acceptors (Lipinski definition) is 5. The van der Waals surface area contributed by atoms with Crippen LogP contribution in [0.3, 0.4) is 0 Å². The first kappa shape index (κ1) is 15.8. The van der Waals surface area contributed by atoms with Crippen molar-refractivity contribution in [2.24, 2.45) is 0 Å². The Morgan fingerprint density at radius 3 is 2.06 bits per heavy atom. The first-order chi connectivity index (χ1) is 7.02. The topological polar surface area (TPSA) is 86.6 Å². The van der Waals surface area contributed by atoms with Gasteiger partial charge in [0, 0.05) is 13.1 Å². The molecular weight excluding hydrogens is 230 g/mol. The summed E-state index contributed by atoms with van der Waals surface area (Å²) in [5.74, 6) is 0.0258. The van der Waals surface area contributed by atoms with Crippen LogP contribution < -0.4 is 5.32 Å². The minimum Gasteiger partial charge on any atom is -0.393 e. The molecule has 0 spiro atoms. The Labute approximate surface area is 97.8 Å². The lowest BCUT2D eigenvalue weighted by Gasteiger charge is -2.22. The van der Waals surface area contributed by atoms with Crippen LogP contribution in [0.25, 0.3) is 0 Å². The summed E-state index contributed by atoms with van der Waals surface area (Å²) < 4.78 is 22.6. The molecule has 98 valence electrons. The van der Waals surface area contributed by atoms with E-state index in [1.807, 2.05) is 0 Å². The van der Waals surface area contributed by atoms with Crippen molar-refractivity contribution in [3.05, 3.63) is 0 Å².